The summed E-state index contributed by atoms with van der Waals surface area (Å²) < 4.78 is 0. The average Bonchev–Trinajstić information content (AvgIpc) is 2.53. The lowest BCUT2D eigenvalue weighted by Crippen LogP contribution is -1.96. The number of pyridine rings is 1. The van der Waals surface area contributed by atoms with E-state index in [1.807, 2.05) is 12.1 Å². The zero-order valence-electron chi connectivity index (χ0n) is 11.9. The number of hydrogen-bond donors (Lipinski definition) is 0. The van der Waals surface area contributed by atoms with Crippen LogP contribution in [0.25, 0.3) is 22.2 Å². The van der Waals surface area contributed by atoms with E-state index >= 15 is 0 Å². The molecule has 0 fully saturated rings. The number of halogens is 2. The highest BCUT2D eigenvalue weighted by atomic mass is 35.5. The quantitative estimate of drug-likeness (QED) is 0.594. The van der Waals surface area contributed by atoms with Crippen molar-refractivity contribution in [2.45, 2.75) is 13.3 Å². The Hall–Kier alpha value is -1.90. The van der Waals surface area contributed by atoms with Crippen molar-refractivity contribution in [3.05, 3.63) is 64.7 Å². The first-order valence-electron chi connectivity index (χ1n) is 6.98. The summed E-state index contributed by atoms with van der Waals surface area (Å²) in [5.74, 6) is 0. The summed E-state index contributed by atoms with van der Waals surface area (Å²) in [5.41, 5.74) is 4.05. The molecule has 1 aromatic heterocycles. The molecule has 0 aliphatic heterocycles. The SMILES string of the molecule is CCc1ccc(-c2cc(C(=O)Cl)c3cc(Cl)ccc3n2)cc1. The number of nitrogens with zero attached hydrogens (tertiary/aromatic N) is 1. The fourth-order valence-corrected chi connectivity index (χ4v) is 2.75. The Morgan fingerprint density at radius 1 is 1.09 bits per heavy atom. The van der Waals surface area contributed by atoms with Crippen LogP contribution in [0, 0.1) is 0 Å². The molecule has 3 rings (SSSR count). The van der Waals surface area contributed by atoms with Crippen LogP contribution >= 0.6 is 23.2 Å². The van der Waals surface area contributed by atoms with Crippen molar-refractivity contribution in [1.82, 2.24) is 4.98 Å². The molecule has 110 valence electrons. The number of hydrogen-bond acceptors (Lipinski definition) is 2. The number of carbonyl (C=O) groups is 1. The summed E-state index contributed by atoms with van der Waals surface area (Å²) in [7, 11) is 0. The first-order valence-corrected chi connectivity index (χ1v) is 7.73. The molecule has 0 saturated carbocycles. The first-order chi connectivity index (χ1) is 10.6. The minimum atomic E-state index is -0.513. The summed E-state index contributed by atoms with van der Waals surface area (Å²) in [5, 5.41) is 0.705. The Morgan fingerprint density at radius 3 is 2.45 bits per heavy atom. The van der Waals surface area contributed by atoms with Gasteiger partial charge in [0, 0.05) is 21.5 Å². The fraction of sp³-hybridized carbons (Fsp3) is 0.111. The molecule has 0 saturated heterocycles. The molecule has 0 aliphatic carbocycles. The fourth-order valence-electron chi connectivity index (χ4n) is 2.42. The molecule has 2 nitrogen and oxygen atoms in total. The number of fused-ring (bicyclic) bond motifs is 1. The van der Waals surface area contributed by atoms with E-state index in [1.54, 1.807) is 24.3 Å². The molecule has 3 aromatic rings. The number of carbonyl (C=O) groups excluding carboxylic acids is 1. The van der Waals surface area contributed by atoms with E-state index in [1.165, 1.54) is 5.56 Å². The summed E-state index contributed by atoms with van der Waals surface area (Å²) >= 11 is 11.7. The van der Waals surface area contributed by atoms with Crippen molar-refractivity contribution in [2.24, 2.45) is 0 Å². The molecule has 0 spiro atoms. The van der Waals surface area contributed by atoms with Gasteiger partial charge in [0.15, 0.2) is 0 Å². The van der Waals surface area contributed by atoms with Gasteiger partial charge >= 0.3 is 0 Å². The second kappa shape index (κ2) is 6.07. The van der Waals surface area contributed by atoms with E-state index in [-0.39, 0.29) is 0 Å². The van der Waals surface area contributed by atoms with E-state index < -0.39 is 5.24 Å². The number of benzene rings is 2. The van der Waals surface area contributed by atoms with Crippen LogP contribution in [-0.4, -0.2) is 10.2 Å². The minimum absolute atomic E-state index is 0.420. The van der Waals surface area contributed by atoms with Crippen LogP contribution in [0.5, 0.6) is 0 Å². The van der Waals surface area contributed by atoms with Crippen LogP contribution in [0.4, 0.5) is 0 Å². The number of rotatable bonds is 3. The third-order valence-electron chi connectivity index (χ3n) is 3.64. The molecule has 0 radical (unpaired) electrons. The molecular weight excluding hydrogens is 317 g/mol. The third-order valence-corrected chi connectivity index (χ3v) is 4.08. The van der Waals surface area contributed by atoms with Crippen LogP contribution < -0.4 is 0 Å². The van der Waals surface area contributed by atoms with Crippen molar-refractivity contribution < 1.29 is 4.79 Å². The Morgan fingerprint density at radius 2 is 1.82 bits per heavy atom. The summed E-state index contributed by atoms with van der Waals surface area (Å²) in [6, 6.07) is 15.1. The van der Waals surface area contributed by atoms with Gasteiger partial charge in [0.25, 0.3) is 5.24 Å². The topological polar surface area (TPSA) is 30.0 Å². The van der Waals surface area contributed by atoms with Gasteiger partial charge in [0.1, 0.15) is 0 Å². The van der Waals surface area contributed by atoms with Crippen LogP contribution in [0.1, 0.15) is 22.8 Å². The zero-order chi connectivity index (χ0) is 15.7. The standard InChI is InChI=1S/C18H13Cl2NO/c1-2-11-3-5-12(6-4-11)17-10-15(18(20)22)14-9-13(19)7-8-16(14)21-17/h3-10H,2H2,1H3. The molecule has 0 aliphatic rings. The predicted octanol–water partition coefficient (Wildman–Crippen LogP) is 5.50. The lowest BCUT2D eigenvalue weighted by atomic mass is 10.0. The van der Waals surface area contributed by atoms with E-state index in [2.05, 4.69) is 24.0 Å². The van der Waals surface area contributed by atoms with Crippen LogP contribution in [0.2, 0.25) is 5.02 Å². The van der Waals surface area contributed by atoms with Gasteiger partial charge in [-0.25, -0.2) is 4.98 Å². The molecule has 1 heterocycles. The normalized spacial score (nSPS) is 10.9. The molecule has 0 bridgehead atoms. The Labute approximate surface area is 138 Å². The average molecular weight is 330 g/mol. The van der Waals surface area contributed by atoms with E-state index in [0.29, 0.717) is 21.5 Å². The predicted molar refractivity (Wildman–Crippen MR) is 91.8 cm³/mol. The highest BCUT2D eigenvalue weighted by molar-refractivity contribution is 6.68. The van der Waals surface area contributed by atoms with Gasteiger partial charge in [0.2, 0.25) is 0 Å². The highest BCUT2D eigenvalue weighted by Gasteiger charge is 2.12. The molecule has 0 atom stereocenters. The molecule has 22 heavy (non-hydrogen) atoms. The van der Waals surface area contributed by atoms with E-state index in [4.69, 9.17) is 23.2 Å². The summed E-state index contributed by atoms with van der Waals surface area (Å²) in [4.78, 5) is 16.4. The minimum Gasteiger partial charge on any atom is -0.276 e. The molecule has 0 amide bonds. The smallest absolute Gasteiger partial charge is 0.253 e. The molecule has 4 heteroatoms. The Bertz CT molecular complexity index is 857. The van der Waals surface area contributed by atoms with Gasteiger partial charge in [-0.3, -0.25) is 4.79 Å². The van der Waals surface area contributed by atoms with Crippen molar-refractivity contribution in [2.75, 3.05) is 0 Å². The summed E-state index contributed by atoms with van der Waals surface area (Å²) in [6.45, 7) is 2.11. The second-order valence-electron chi connectivity index (χ2n) is 5.04. The first kappa shape index (κ1) is 15.0. The summed E-state index contributed by atoms with van der Waals surface area (Å²) in [6.07, 6.45) is 0.981. The maximum Gasteiger partial charge on any atom is 0.253 e. The van der Waals surface area contributed by atoms with Crippen molar-refractivity contribution in [3.8, 4) is 11.3 Å². The lowest BCUT2D eigenvalue weighted by molar-refractivity contribution is 0.108. The highest BCUT2D eigenvalue weighted by Crippen LogP contribution is 2.28. The van der Waals surface area contributed by atoms with Crippen molar-refractivity contribution in [1.29, 1.82) is 0 Å². The van der Waals surface area contributed by atoms with Crippen molar-refractivity contribution in [3.63, 3.8) is 0 Å². The molecule has 2 aromatic carbocycles. The molecule has 0 N–H and O–H groups in total. The van der Waals surface area contributed by atoms with Gasteiger partial charge in [0.05, 0.1) is 11.2 Å². The van der Waals surface area contributed by atoms with Gasteiger partial charge < -0.3 is 0 Å². The molecular formula is C18H13Cl2NO. The monoisotopic (exact) mass is 329 g/mol. The van der Waals surface area contributed by atoms with E-state index in [0.717, 1.165) is 17.7 Å². The van der Waals surface area contributed by atoms with Crippen LogP contribution in [0.15, 0.2) is 48.5 Å². The second-order valence-corrected chi connectivity index (χ2v) is 5.82. The van der Waals surface area contributed by atoms with Gasteiger partial charge in [-0.1, -0.05) is 42.8 Å². The van der Waals surface area contributed by atoms with E-state index in [9.17, 15) is 4.79 Å². The van der Waals surface area contributed by atoms with Crippen LogP contribution in [-0.2, 0) is 6.42 Å². The number of aryl methyl sites for hydroxylation is 1. The Kier molecular flexibility index (Phi) is 4.14. The van der Waals surface area contributed by atoms with Gasteiger partial charge in [-0.2, -0.15) is 0 Å². The van der Waals surface area contributed by atoms with Crippen LogP contribution in [0.3, 0.4) is 0 Å². The Balaban J connectivity index is 2.21. The lowest BCUT2D eigenvalue weighted by Gasteiger charge is -2.08. The van der Waals surface area contributed by atoms with Gasteiger partial charge in [-0.05, 0) is 47.9 Å². The zero-order valence-corrected chi connectivity index (χ0v) is 13.4. The number of aromatic nitrogens is 1. The maximum atomic E-state index is 11.7. The third kappa shape index (κ3) is 2.85. The largest absolute Gasteiger partial charge is 0.276 e. The van der Waals surface area contributed by atoms with Gasteiger partial charge in [-0.15, -0.1) is 0 Å². The maximum absolute atomic E-state index is 11.7. The van der Waals surface area contributed by atoms with Crippen molar-refractivity contribution >= 4 is 39.3 Å². The molecule has 0 unspecified atom stereocenters.